The van der Waals surface area contributed by atoms with Crippen molar-refractivity contribution in [1.82, 2.24) is 0 Å². The van der Waals surface area contributed by atoms with Crippen molar-refractivity contribution in [3.63, 3.8) is 0 Å². The van der Waals surface area contributed by atoms with Crippen LogP contribution in [0.25, 0.3) is 0 Å². The normalized spacial score (nSPS) is 21.9. The SMILES string of the molecule is COCc1ccccc1[C@@]12O[C@@H](C(C(=O)OC)=C1C(=O)OC)c1cccc(Cl)c12. The zero-order valence-electron chi connectivity index (χ0n) is 16.2. The summed E-state index contributed by atoms with van der Waals surface area (Å²) in [4.78, 5) is 25.6. The van der Waals surface area contributed by atoms with E-state index >= 15 is 0 Å². The molecule has 2 atom stereocenters. The Hall–Kier alpha value is -2.67. The highest BCUT2D eigenvalue weighted by molar-refractivity contribution is 6.32. The van der Waals surface area contributed by atoms with Crippen LogP contribution in [-0.2, 0) is 40.7 Å². The van der Waals surface area contributed by atoms with E-state index in [1.54, 1.807) is 19.2 Å². The van der Waals surface area contributed by atoms with E-state index in [1.807, 2.05) is 30.3 Å². The Labute approximate surface area is 173 Å². The number of methoxy groups -OCH3 is 3. The standard InChI is InChI=1S/C22H19ClO6/c1-26-11-12-7-4-5-9-14(12)22-17-13(8-6-10-15(17)23)19(29-22)16(20(24)27-2)18(22)21(25)28-3/h4-10,19H,11H2,1-3H3/t19-,22+/m1/s1. The third-order valence-corrected chi connectivity index (χ3v) is 5.66. The van der Waals surface area contributed by atoms with Crippen molar-refractivity contribution in [2.24, 2.45) is 0 Å². The predicted molar refractivity (Wildman–Crippen MR) is 104 cm³/mol. The molecule has 0 radical (unpaired) electrons. The summed E-state index contributed by atoms with van der Waals surface area (Å²) in [5.41, 5.74) is 1.62. The minimum atomic E-state index is -1.40. The molecule has 29 heavy (non-hydrogen) atoms. The predicted octanol–water partition coefficient (Wildman–Crippen LogP) is 3.46. The van der Waals surface area contributed by atoms with Crippen molar-refractivity contribution in [1.29, 1.82) is 0 Å². The van der Waals surface area contributed by atoms with Crippen LogP contribution >= 0.6 is 11.6 Å². The largest absolute Gasteiger partial charge is 0.466 e. The number of rotatable bonds is 5. The second kappa shape index (κ2) is 7.30. The molecule has 0 aromatic heterocycles. The van der Waals surface area contributed by atoms with Crippen LogP contribution in [-0.4, -0.2) is 33.3 Å². The number of carbonyl (C=O) groups is 2. The monoisotopic (exact) mass is 414 g/mol. The van der Waals surface area contributed by atoms with E-state index in [4.69, 9.17) is 30.5 Å². The van der Waals surface area contributed by atoms with Crippen molar-refractivity contribution < 1.29 is 28.5 Å². The lowest BCUT2D eigenvalue weighted by molar-refractivity contribution is -0.139. The fraction of sp³-hybridized carbons (Fsp3) is 0.273. The molecule has 0 saturated carbocycles. The highest BCUT2D eigenvalue weighted by atomic mass is 35.5. The van der Waals surface area contributed by atoms with Gasteiger partial charge in [-0.3, -0.25) is 0 Å². The highest BCUT2D eigenvalue weighted by Crippen LogP contribution is 2.63. The summed E-state index contributed by atoms with van der Waals surface area (Å²) >= 11 is 6.60. The first-order chi connectivity index (χ1) is 14.0. The summed E-state index contributed by atoms with van der Waals surface area (Å²) in [5, 5.41) is 0.433. The van der Waals surface area contributed by atoms with Gasteiger partial charge < -0.3 is 18.9 Å². The van der Waals surface area contributed by atoms with Crippen LogP contribution in [0.3, 0.4) is 0 Å². The molecule has 0 spiro atoms. The number of ether oxygens (including phenoxy) is 4. The molecule has 2 aromatic carbocycles. The third-order valence-electron chi connectivity index (χ3n) is 5.35. The van der Waals surface area contributed by atoms with Crippen molar-refractivity contribution in [3.8, 4) is 0 Å². The van der Waals surface area contributed by atoms with Crippen LogP contribution in [0.2, 0.25) is 5.02 Å². The van der Waals surface area contributed by atoms with Crippen molar-refractivity contribution in [2.75, 3.05) is 21.3 Å². The van der Waals surface area contributed by atoms with Crippen LogP contribution < -0.4 is 0 Å². The van der Waals surface area contributed by atoms with Crippen LogP contribution in [0, 0.1) is 0 Å². The van der Waals surface area contributed by atoms with E-state index in [1.165, 1.54) is 14.2 Å². The molecule has 7 heteroatoms. The van der Waals surface area contributed by atoms with Gasteiger partial charge in [-0.2, -0.15) is 0 Å². The van der Waals surface area contributed by atoms with E-state index in [2.05, 4.69) is 0 Å². The van der Waals surface area contributed by atoms with Crippen molar-refractivity contribution in [3.05, 3.63) is 80.9 Å². The molecule has 2 aromatic rings. The first kappa shape index (κ1) is 19.6. The number of carbonyl (C=O) groups excluding carboxylic acids is 2. The zero-order chi connectivity index (χ0) is 20.8. The maximum absolute atomic E-state index is 13.0. The first-order valence-corrected chi connectivity index (χ1v) is 9.34. The summed E-state index contributed by atoms with van der Waals surface area (Å²) in [7, 11) is 4.11. The van der Waals surface area contributed by atoms with Gasteiger partial charge in [0.25, 0.3) is 0 Å². The van der Waals surface area contributed by atoms with Gasteiger partial charge >= 0.3 is 11.9 Å². The topological polar surface area (TPSA) is 71.1 Å². The minimum Gasteiger partial charge on any atom is -0.466 e. The Kier molecular flexibility index (Phi) is 4.94. The molecule has 0 saturated heterocycles. The fourth-order valence-electron chi connectivity index (χ4n) is 4.30. The number of halogens is 1. The molecule has 2 heterocycles. The number of fused-ring (bicyclic) bond motifs is 5. The Balaban J connectivity index is 2.12. The molecule has 0 amide bonds. The Morgan fingerprint density at radius 3 is 2.45 bits per heavy atom. The number of esters is 2. The van der Waals surface area contributed by atoms with Gasteiger partial charge in [0.15, 0.2) is 5.60 Å². The van der Waals surface area contributed by atoms with Crippen molar-refractivity contribution >= 4 is 23.5 Å². The maximum Gasteiger partial charge on any atom is 0.338 e. The molecule has 2 bridgehead atoms. The van der Waals surface area contributed by atoms with E-state index in [0.717, 1.165) is 11.1 Å². The van der Waals surface area contributed by atoms with Gasteiger partial charge in [-0.05, 0) is 22.8 Å². The molecular formula is C22H19ClO6. The molecule has 0 N–H and O–H groups in total. The van der Waals surface area contributed by atoms with Gasteiger partial charge in [0, 0.05) is 17.7 Å². The molecule has 150 valence electrons. The fourth-order valence-corrected chi connectivity index (χ4v) is 4.62. The van der Waals surface area contributed by atoms with E-state index < -0.39 is 23.6 Å². The Bertz CT molecular complexity index is 1040. The summed E-state index contributed by atoms with van der Waals surface area (Å²) in [6.45, 7) is 0.285. The lowest BCUT2D eigenvalue weighted by Crippen LogP contribution is -2.35. The van der Waals surface area contributed by atoms with Crippen LogP contribution in [0.4, 0.5) is 0 Å². The summed E-state index contributed by atoms with van der Waals surface area (Å²) in [6, 6.07) is 12.8. The average molecular weight is 415 g/mol. The number of hydrogen-bond acceptors (Lipinski definition) is 6. The lowest BCUT2D eigenvalue weighted by atomic mass is 9.72. The van der Waals surface area contributed by atoms with E-state index in [9.17, 15) is 9.59 Å². The molecule has 0 fully saturated rings. The average Bonchev–Trinajstić information content (AvgIpc) is 3.26. The van der Waals surface area contributed by atoms with Crippen molar-refractivity contribution in [2.45, 2.75) is 18.3 Å². The van der Waals surface area contributed by atoms with Gasteiger partial charge in [0.2, 0.25) is 0 Å². The van der Waals surface area contributed by atoms with Gasteiger partial charge in [-0.25, -0.2) is 9.59 Å². The quantitative estimate of drug-likeness (QED) is 0.698. The number of benzene rings is 2. The van der Waals surface area contributed by atoms with Gasteiger partial charge in [-0.15, -0.1) is 0 Å². The van der Waals surface area contributed by atoms with Crippen LogP contribution in [0.5, 0.6) is 0 Å². The summed E-state index contributed by atoms with van der Waals surface area (Å²) in [6.07, 6.45) is -0.791. The first-order valence-electron chi connectivity index (χ1n) is 8.96. The molecule has 6 nitrogen and oxygen atoms in total. The molecule has 4 rings (SSSR count). The molecule has 2 aliphatic rings. The summed E-state index contributed by atoms with van der Waals surface area (Å²) in [5.74, 6) is -1.32. The van der Waals surface area contributed by atoms with Crippen LogP contribution in [0.15, 0.2) is 53.6 Å². The van der Waals surface area contributed by atoms with Gasteiger partial charge in [0.1, 0.15) is 6.10 Å². The second-order valence-corrected chi connectivity index (χ2v) is 7.15. The Morgan fingerprint density at radius 1 is 1.03 bits per heavy atom. The second-order valence-electron chi connectivity index (χ2n) is 6.75. The zero-order valence-corrected chi connectivity index (χ0v) is 16.9. The molecule has 0 unspecified atom stereocenters. The third kappa shape index (κ3) is 2.64. The van der Waals surface area contributed by atoms with E-state index in [-0.39, 0.29) is 17.8 Å². The minimum absolute atomic E-state index is 0.0843. The van der Waals surface area contributed by atoms with Gasteiger partial charge in [0.05, 0.1) is 32.0 Å². The molecular weight excluding hydrogens is 396 g/mol. The van der Waals surface area contributed by atoms with Gasteiger partial charge in [-0.1, -0.05) is 48.0 Å². The lowest BCUT2D eigenvalue weighted by Gasteiger charge is -2.32. The van der Waals surface area contributed by atoms with E-state index in [0.29, 0.717) is 16.1 Å². The Morgan fingerprint density at radius 2 is 1.76 bits per heavy atom. The number of hydrogen-bond donors (Lipinski definition) is 0. The smallest absolute Gasteiger partial charge is 0.338 e. The van der Waals surface area contributed by atoms with Crippen LogP contribution in [0.1, 0.15) is 28.4 Å². The summed E-state index contributed by atoms with van der Waals surface area (Å²) < 4.78 is 21.8. The maximum atomic E-state index is 13.0. The highest BCUT2D eigenvalue weighted by Gasteiger charge is 2.62. The molecule has 0 aliphatic carbocycles. The molecule has 2 aliphatic heterocycles.